The van der Waals surface area contributed by atoms with Crippen LogP contribution in [-0.4, -0.2) is 15.0 Å². The van der Waals surface area contributed by atoms with Crippen LogP contribution in [0, 0.1) is 0 Å². The summed E-state index contributed by atoms with van der Waals surface area (Å²) in [6.45, 7) is 2.27. The molecule has 0 fully saturated rings. The molecule has 0 aromatic rings. The number of halogens is 1. The van der Waals surface area contributed by atoms with E-state index in [1.54, 1.807) is 0 Å². The van der Waals surface area contributed by atoms with E-state index < -0.39 is 5.97 Å². The molecule has 0 aromatic carbocycles. The van der Waals surface area contributed by atoms with E-state index in [2.05, 4.69) is 6.92 Å². The molecule has 1 atom stereocenters. The summed E-state index contributed by atoms with van der Waals surface area (Å²) in [5, 5.41) is 8.78. The number of aliphatic carboxylic acids is 1. The van der Waals surface area contributed by atoms with Gasteiger partial charge in [0.1, 0.15) is 3.92 Å². The third-order valence-corrected chi connectivity index (χ3v) is 5.23. The molecule has 0 aliphatic heterocycles. The van der Waals surface area contributed by atoms with Gasteiger partial charge in [-0.15, -0.1) is 0 Å². The first-order chi connectivity index (χ1) is 10.2. The number of rotatable bonds is 16. The quantitative estimate of drug-likeness (QED) is 0.174. The Morgan fingerprint density at radius 1 is 0.762 bits per heavy atom. The van der Waals surface area contributed by atoms with Crippen LogP contribution in [0.15, 0.2) is 0 Å². The molecule has 0 saturated heterocycles. The molecule has 0 aromatic heterocycles. The van der Waals surface area contributed by atoms with Crippen LogP contribution >= 0.6 is 22.6 Å². The third-order valence-electron chi connectivity index (χ3n) is 4.08. The first kappa shape index (κ1) is 21.2. The van der Waals surface area contributed by atoms with Gasteiger partial charge in [0.15, 0.2) is 0 Å². The van der Waals surface area contributed by atoms with Crippen LogP contribution in [0.3, 0.4) is 0 Å². The van der Waals surface area contributed by atoms with Gasteiger partial charge in [0.05, 0.1) is 0 Å². The molecule has 0 spiro atoms. The van der Waals surface area contributed by atoms with Crippen molar-refractivity contribution in [3.05, 3.63) is 0 Å². The lowest BCUT2D eigenvalue weighted by atomic mass is 10.0. The Hall–Kier alpha value is 0.200. The number of carbonyl (C=O) groups is 1. The maximum absolute atomic E-state index is 10.7. The Morgan fingerprint density at radius 2 is 1.10 bits per heavy atom. The van der Waals surface area contributed by atoms with Crippen LogP contribution in [0.5, 0.6) is 0 Å². The molecule has 0 radical (unpaired) electrons. The molecule has 0 heterocycles. The minimum atomic E-state index is -0.662. The maximum atomic E-state index is 10.7. The monoisotopic (exact) mass is 410 g/mol. The fourth-order valence-electron chi connectivity index (χ4n) is 2.64. The highest BCUT2D eigenvalue weighted by Gasteiger charge is 2.11. The van der Waals surface area contributed by atoms with Crippen molar-refractivity contribution in [2.75, 3.05) is 0 Å². The number of alkyl halides is 1. The first-order valence-electron chi connectivity index (χ1n) is 9.05. The van der Waals surface area contributed by atoms with E-state index in [0.717, 1.165) is 12.8 Å². The standard InChI is InChI=1S/C18H35IO2/c1-2-3-4-5-6-7-8-9-10-11-12-13-14-15-16-17(19)18(20)21/h17H,2-16H2,1H3,(H,20,21). The molecule has 0 rings (SSSR count). The fourth-order valence-corrected chi connectivity index (χ4v) is 3.08. The fraction of sp³-hybridized carbons (Fsp3) is 0.944. The van der Waals surface area contributed by atoms with E-state index in [1.807, 2.05) is 22.6 Å². The van der Waals surface area contributed by atoms with Crippen molar-refractivity contribution in [1.29, 1.82) is 0 Å². The number of carboxylic acids is 1. The van der Waals surface area contributed by atoms with Gasteiger partial charge in [-0.1, -0.05) is 119 Å². The number of hydrogen-bond donors (Lipinski definition) is 1. The lowest BCUT2D eigenvalue weighted by Gasteiger charge is -2.05. The highest BCUT2D eigenvalue weighted by molar-refractivity contribution is 14.1. The molecular weight excluding hydrogens is 375 g/mol. The van der Waals surface area contributed by atoms with Gasteiger partial charge in [-0.2, -0.15) is 0 Å². The SMILES string of the molecule is CCCCCCCCCCCCCCCCC(I)C(=O)O. The average Bonchev–Trinajstić information content (AvgIpc) is 2.47. The minimum Gasteiger partial charge on any atom is -0.480 e. The summed E-state index contributed by atoms with van der Waals surface area (Å²) < 4.78 is -0.195. The van der Waals surface area contributed by atoms with E-state index in [1.165, 1.54) is 83.5 Å². The van der Waals surface area contributed by atoms with Crippen LogP contribution in [0.4, 0.5) is 0 Å². The van der Waals surface area contributed by atoms with Crippen LogP contribution in [0.2, 0.25) is 0 Å². The maximum Gasteiger partial charge on any atom is 0.316 e. The largest absolute Gasteiger partial charge is 0.480 e. The van der Waals surface area contributed by atoms with E-state index in [0.29, 0.717) is 0 Å². The second-order valence-electron chi connectivity index (χ2n) is 6.19. The van der Waals surface area contributed by atoms with E-state index in [-0.39, 0.29) is 3.92 Å². The molecule has 3 heteroatoms. The number of unbranched alkanes of at least 4 members (excludes halogenated alkanes) is 13. The Kier molecular flexibility index (Phi) is 16.7. The number of hydrogen-bond acceptors (Lipinski definition) is 1. The van der Waals surface area contributed by atoms with Crippen molar-refractivity contribution in [2.24, 2.45) is 0 Å². The molecule has 1 unspecified atom stereocenters. The second-order valence-corrected chi connectivity index (χ2v) is 7.69. The van der Waals surface area contributed by atoms with Crippen molar-refractivity contribution in [2.45, 2.75) is 107 Å². The van der Waals surface area contributed by atoms with Crippen LogP contribution in [-0.2, 0) is 4.79 Å². The van der Waals surface area contributed by atoms with E-state index in [9.17, 15) is 4.79 Å². The number of carboxylic acid groups (broad SMARTS) is 1. The minimum absolute atomic E-state index is 0.195. The van der Waals surface area contributed by atoms with Gasteiger partial charge in [-0.3, -0.25) is 4.79 Å². The highest BCUT2D eigenvalue weighted by Crippen LogP contribution is 2.15. The summed E-state index contributed by atoms with van der Waals surface area (Å²) >= 11 is 2.03. The summed E-state index contributed by atoms with van der Waals surface area (Å²) in [6.07, 6.45) is 19.7. The van der Waals surface area contributed by atoms with Gasteiger partial charge in [0.25, 0.3) is 0 Å². The molecule has 1 N–H and O–H groups in total. The Labute approximate surface area is 145 Å². The molecule has 2 nitrogen and oxygen atoms in total. The predicted molar refractivity (Wildman–Crippen MR) is 100 cm³/mol. The Morgan fingerprint density at radius 3 is 1.43 bits per heavy atom. The lowest BCUT2D eigenvalue weighted by Crippen LogP contribution is -2.11. The third kappa shape index (κ3) is 16.4. The van der Waals surface area contributed by atoms with Gasteiger partial charge >= 0.3 is 5.97 Å². The van der Waals surface area contributed by atoms with Crippen LogP contribution < -0.4 is 0 Å². The highest BCUT2D eigenvalue weighted by atomic mass is 127. The van der Waals surface area contributed by atoms with Gasteiger partial charge in [0, 0.05) is 0 Å². The van der Waals surface area contributed by atoms with Crippen molar-refractivity contribution < 1.29 is 9.90 Å². The summed E-state index contributed by atoms with van der Waals surface area (Å²) in [5.74, 6) is -0.662. The van der Waals surface area contributed by atoms with Gasteiger partial charge in [0.2, 0.25) is 0 Å². The molecule has 0 aliphatic rings. The summed E-state index contributed by atoms with van der Waals surface area (Å²) in [7, 11) is 0. The molecule has 21 heavy (non-hydrogen) atoms. The zero-order chi connectivity index (χ0) is 15.8. The molecule has 126 valence electrons. The molecule has 0 bridgehead atoms. The predicted octanol–water partition coefficient (Wildman–Crippen LogP) is 6.75. The Bertz CT molecular complexity index is 231. The van der Waals surface area contributed by atoms with Crippen LogP contribution in [0.1, 0.15) is 103 Å². The smallest absolute Gasteiger partial charge is 0.316 e. The van der Waals surface area contributed by atoms with Crippen molar-refractivity contribution in [3.63, 3.8) is 0 Å². The summed E-state index contributed by atoms with van der Waals surface area (Å²) in [6, 6.07) is 0. The van der Waals surface area contributed by atoms with Crippen molar-refractivity contribution >= 4 is 28.6 Å². The van der Waals surface area contributed by atoms with E-state index in [4.69, 9.17) is 5.11 Å². The van der Waals surface area contributed by atoms with Gasteiger partial charge in [-0.05, 0) is 6.42 Å². The van der Waals surface area contributed by atoms with Gasteiger partial charge in [-0.25, -0.2) is 0 Å². The average molecular weight is 410 g/mol. The first-order valence-corrected chi connectivity index (χ1v) is 10.3. The molecular formula is C18H35IO2. The van der Waals surface area contributed by atoms with Crippen molar-refractivity contribution in [1.82, 2.24) is 0 Å². The van der Waals surface area contributed by atoms with E-state index >= 15 is 0 Å². The second kappa shape index (κ2) is 16.6. The Balaban J connectivity index is 3.04. The molecule has 0 aliphatic carbocycles. The summed E-state index contributed by atoms with van der Waals surface area (Å²) in [5.41, 5.74) is 0. The zero-order valence-corrected chi connectivity index (χ0v) is 16.1. The topological polar surface area (TPSA) is 37.3 Å². The molecule has 0 amide bonds. The lowest BCUT2D eigenvalue weighted by molar-refractivity contribution is -0.136. The van der Waals surface area contributed by atoms with Crippen LogP contribution in [0.25, 0.3) is 0 Å². The van der Waals surface area contributed by atoms with Gasteiger partial charge < -0.3 is 5.11 Å². The molecule has 0 saturated carbocycles. The normalized spacial score (nSPS) is 12.5. The van der Waals surface area contributed by atoms with Crippen molar-refractivity contribution in [3.8, 4) is 0 Å². The zero-order valence-electron chi connectivity index (χ0n) is 13.9. The summed E-state index contributed by atoms with van der Waals surface area (Å²) in [4.78, 5) is 10.7.